The minimum absolute atomic E-state index is 0.233. The van der Waals surface area contributed by atoms with E-state index < -0.39 is 40.7 Å². The maximum atomic E-state index is 14.1. The van der Waals surface area contributed by atoms with Gasteiger partial charge in [-0.3, -0.25) is 9.79 Å². The Morgan fingerprint density at radius 1 is 1.31 bits per heavy atom. The van der Waals surface area contributed by atoms with E-state index in [1.54, 1.807) is 6.07 Å². The number of hydrogen-bond donors (Lipinski definition) is 2. The molecule has 0 aliphatic carbocycles. The number of nitrogens with zero attached hydrogens (tertiary/aromatic N) is 2. The van der Waals surface area contributed by atoms with Crippen LogP contribution in [-0.2, 0) is 11.0 Å². The number of benzene rings is 2. The summed E-state index contributed by atoms with van der Waals surface area (Å²) in [7, 11) is 0. The van der Waals surface area contributed by atoms with Crippen LogP contribution in [0.1, 0.15) is 41.6 Å². The van der Waals surface area contributed by atoms with Gasteiger partial charge >= 0.3 is 6.18 Å². The molecule has 2 N–H and O–H groups in total. The van der Waals surface area contributed by atoms with Crippen LogP contribution >= 0.6 is 0 Å². The molecule has 9 heteroatoms. The van der Waals surface area contributed by atoms with Gasteiger partial charge in [0, 0.05) is 29.4 Å². The lowest BCUT2D eigenvalue weighted by Crippen LogP contribution is -2.41. The van der Waals surface area contributed by atoms with Crippen LogP contribution in [0.25, 0.3) is 0 Å². The van der Waals surface area contributed by atoms with Crippen molar-refractivity contribution in [3.05, 3.63) is 64.5 Å². The minimum atomic E-state index is -4.78. The van der Waals surface area contributed by atoms with Crippen molar-refractivity contribution in [2.45, 2.75) is 31.2 Å². The second-order valence-electron chi connectivity index (χ2n) is 6.84. The molecule has 0 saturated carbocycles. The highest BCUT2D eigenvalue weighted by molar-refractivity contribution is 5.97. The van der Waals surface area contributed by atoms with Crippen LogP contribution in [0.5, 0.6) is 0 Å². The number of aliphatic imine (C=N–C) groups is 1. The first-order valence-corrected chi connectivity index (χ1v) is 8.49. The Labute approximate surface area is 163 Å². The fourth-order valence-electron chi connectivity index (χ4n) is 3.11. The molecule has 2 atom stereocenters. The Kier molecular flexibility index (Phi) is 5.15. The SMILES string of the molecule is C[C@](O)(CC1N=Cc2cccc(F)c21)C(=O)Nc1ccc(C#N)c(C(F)(F)F)c1. The third-order valence-electron chi connectivity index (χ3n) is 4.60. The largest absolute Gasteiger partial charge is 0.417 e. The van der Waals surface area contributed by atoms with Gasteiger partial charge in [-0.15, -0.1) is 0 Å². The van der Waals surface area contributed by atoms with Crippen molar-refractivity contribution >= 4 is 17.8 Å². The normalized spacial score (nSPS) is 17.3. The molecular formula is C20H15F4N3O2. The molecule has 1 aliphatic heterocycles. The molecule has 0 saturated heterocycles. The molecular weight excluding hydrogens is 390 g/mol. The molecule has 1 heterocycles. The van der Waals surface area contributed by atoms with Crippen molar-refractivity contribution in [3.8, 4) is 6.07 Å². The quantitative estimate of drug-likeness (QED) is 0.755. The Bertz CT molecular complexity index is 1040. The molecule has 1 unspecified atom stereocenters. The van der Waals surface area contributed by atoms with Gasteiger partial charge in [0.05, 0.1) is 23.2 Å². The lowest BCUT2D eigenvalue weighted by Gasteiger charge is -2.25. The number of rotatable bonds is 4. The van der Waals surface area contributed by atoms with E-state index >= 15 is 0 Å². The molecule has 0 aromatic heterocycles. The van der Waals surface area contributed by atoms with Crippen molar-refractivity contribution in [1.29, 1.82) is 5.26 Å². The maximum Gasteiger partial charge on any atom is 0.417 e. The molecule has 0 fully saturated rings. The zero-order chi connectivity index (χ0) is 21.4. The predicted molar refractivity (Wildman–Crippen MR) is 96.8 cm³/mol. The summed E-state index contributed by atoms with van der Waals surface area (Å²) in [5, 5.41) is 21.6. The number of alkyl halides is 3. The van der Waals surface area contributed by atoms with Gasteiger partial charge < -0.3 is 10.4 Å². The van der Waals surface area contributed by atoms with Gasteiger partial charge in [0.1, 0.15) is 11.4 Å². The average molecular weight is 405 g/mol. The Morgan fingerprint density at radius 2 is 2.03 bits per heavy atom. The van der Waals surface area contributed by atoms with Crippen LogP contribution in [0.3, 0.4) is 0 Å². The number of nitriles is 1. The van der Waals surface area contributed by atoms with Crippen LogP contribution < -0.4 is 5.32 Å². The molecule has 150 valence electrons. The second kappa shape index (κ2) is 7.29. The number of carbonyl (C=O) groups is 1. The zero-order valence-corrected chi connectivity index (χ0v) is 15.1. The van der Waals surface area contributed by atoms with Gasteiger partial charge in [0.15, 0.2) is 0 Å². The molecule has 0 bridgehead atoms. The number of amides is 1. The number of fused-ring (bicyclic) bond motifs is 1. The van der Waals surface area contributed by atoms with Crippen molar-refractivity contribution in [1.82, 2.24) is 0 Å². The third kappa shape index (κ3) is 4.12. The van der Waals surface area contributed by atoms with Crippen LogP contribution in [0.15, 0.2) is 41.4 Å². The number of nitrogens with one attached hydrogen (secondary N) is 1. The van der Waals surface area contributed by atoms with Gasteiger partial charge in [0.2, 0.25) is 0 Å². The van der Waals surface area contributed by atoms with Gasteiger partial charge in [-0.25, -0.2) is 4.39 Å². The number of hydrogen-bond acceptors (Lipinski definition) is 4. The van der Waals surface area contributed by atoms with Gasteiger partial charge in [-0.05, 0) is 31.2 Å². The fourth-order valence-corrected chi connectivity index (χ4v) is 3.11. The Balaban J connectivity index is 1.80. The zero-order valence-electron chi connectivity index (χ0n) is 15.1. The Morgan fingerprint density at radius 3 is 2.69 bits per heavy atom. The maximum absolute atomic E-state index is 14.1. The van der Waals surface area contributed by atoms with E-state index in [0.29, 0.717) is 11.6 Å². The van der Waals surface area contributed by atoms with Crippen LogP contribution in [0.4, 0.5) is 23.2 Å². The monoisotopic (exact) mass is 405 g/mol. The highest BCUT2D eigenvalue weighted by Crippen LogP contribution is 2.36. The Hall–Kier alpha value is -3.25. The minimum Gasteiger partial charge on any atom is -0.380 e. The van der Waals surface area contributed by atoms with E-state index in [-0.39, 0.29) is 17.7 Å². The second-order valence-corrected chi connectivity index (χ2v) is 6.84. The summed E-state index contributed by atoms with van der Waals surface area (Å²) >= 11 is 0. The summed E-state index contributed by atoms with van der Waals surface area (Å²) in [5.41, 5.74) is -3.28. The van der Waals surface area contributed by atoms with E-state index in [0.717, 1.165) is 12.1 Å². The van der Waals surface area contributed by atoms with Crippen molar-refractivity contribution in [3.63, 3.8) is 0 Å². The third-order valence-corrected chi connectivity index (χ3v) is 4.60. The molecule has 29 heavy (non-hydrogen) atoms. The van der Waals surface area contributed by atoms with E-state index in [2.05, 4.69) is 10.3 Å². The summed E-state index contributed by atoms with van der Waals surface area (Å²) in [6.07, 6.45) is -3.62. The number of aliphatic hydroxyl groups is 1. The van der Waals surface area contributed by atoms with E-state index in [9.17, 15) is 27.5 Å². The molecule has 1 aliphatic rings. The number of carbonyl (C=O) groups excluding carboxylic acids is 1. The van der Waals surface area contributed by atoms with Crippen molar-refractivity contribution in [2.24, 2.45) is 4.99 Å². The fraction of sp³-hybridized carbons (Fsp3) is 0.250. The van der Waals surface area contributed by atoms with Gasteiger partial charge in [-0.1, -0.05) is 12.1 Å². The lowest BCUT2D eigenvalue weighted by molar-refractivity contribution is -0.138. The number of anilines is 1. The molecule has 3 rings (SSSR count). The topological polar surface area (TPSA) is 85.5 Å². The van der Waals surface area contributed by atoms with E-state index in [4.69, 9.17) is 5.26 Å². The molecule has 1 amide bonds. The summed E-state index contributed by atoms with van der Waals surface area (Å²) < 4.78 is 53.3. The van der Waals surface area contributed by atoms with Crippen LogP contribution in [0.2, 0.25) is 0 Å². The number of halogens is 4. The molecule has 2 aromatic rings. The molecule has 5 nitrogen and oxygen atoms in total. The summed E-state index contributed by atoms with van der Waals surface area (Å²) in [5.74, 6) is -1.50. The van der Waals surface area contributed by atoms with Crippen LogP contribution in [-0.4, -0.2) is 22.8 Å². The summed E-state index contributed by atoms with van der Waals surface area (Å²) in [6, 6.07) is 7.71. The first-order chi connectivity index (χ1) is 13.5. The highest BCUT2D eigenvalue weighted by Gasteiger charge is 2.38. The molecule has 2 aromatic carbocycles. The lowest BCUT2D eigenvalue weighted by atomic mass is 9.91. The predicted octanol–water partition coefficient (Wildman–Crippen LogP) is 3.97. The van der Waals surface area contributed by atoms with Gasteiger partial charge in [-0.2, -0.15) is 18.4 Å². The molecule has 0 radical (unpaired) electrons. The van der Waals surface area contributed by atoms with E-state index in [1.807, 2.05) is 0 Å². The first kappa shape index (κ1) is 20.5. The summed E-state index contributed by atoms with van der Waals surface area (Å²) in [6.45, 7) is 1.17. The van der Waals surface area contributed by atoms with Crippen molar-refractivity contribution in [2.75, 3.05) is 5.32 Å². The smallest absolute Gasteiger partial charge is 0.380 e. The van der Waals surface area contributed by atoms with Crippen LogP contribution in [0, 0.1) is 17.1 Å². The van der Waals surface area contributed by atoms with E-state index in [1.165, 1.54) is 31.3 Å². The first-order valence-electron chi connectivity index (χ1n) is 8.49. The highest BCUT2D eigenvalue weighted by atomic mass is 19.4. The average Bonchev–Trinajstić information content (AvgIpc) is 3.04. The standard InChI is InChI=1S/C20H15F4N3O2/c1-19(29,8-16-17-12(10-26-16)3-2-4-15(17)21)18(28)27-13-6-5-11(9-25)14(7-13)20(22,23)24/h2-7,10,16,29H,8H2,1H3,(H,27,28)/t16?,19-/m0/s1. The molecule has 0 spiro atoms. The van der Waals surface area contributed by atoms with Crippen molar-refractivity contribution < 1.29 is 27.5 Å². The van der Waals surface area contributed by atoms with Gasteiger partial charge in [0.25, 0.3) is 5.91 Å². The summed E-state index contributed by atoms with van der Waals surface area (Å²) in [4.78, 5) is 16.6.